The number of rotatable bonds is 10. The van der Waals surface area contributed by atoms with Gasteiger partial charge in [0.2, 0.25) is 5.91 Å². The number of anilines is 3. The SMILES string of the molecule is CCOc1ccc(NC(=O)c2ccc(NC(=O)CNc3cccc(C(C)OC)c3)cc2)cc1. The molecule has 1 unspecified atom stereocenters. The van der Waals surface area contributed by atoms with Crippen LogP contribution in [-0.2, 0) is 9.53 Å². The molecule has 0 spiro atoms. The molecule has 33 heavy (non-hydrogen) atoms. The molecule has 0 aliphatic carbocycles. The molecule has 0 radical (unpaired) electrons. The molecule has 2 amide bonds. The van der Waals surface area contributed by atoms with E-state index in [-0.39, 0.29) is 24.5 Å². The smallest absolute Gasteiger partial charge is 0.255 e. The largest absolute Gasteiger partial charge is 0.494 e. The van der Waals surface area contributed by atoms with Crippen LogP contribution in [0.5, 0.6) is 5.75 Å². The van der Waals surface area contributed by atoms with Gasteiger partial charge in [0.15, 0.2) is 0 Å². The predicted molar refractivity (Wildman–Crippen MR) is 131 cm³/mol. The van der Waals surface area contributed by atoms with E-state index in [0.29, 0.717) is 23.5 Å². The van der Waals surface area contributed by atoms with Crippen molar-refractivity contribution in [2.75, 3.05) is 36.2 Å². The molecule has 1 atom stereocenters. The van der Waals surface area contributed by atoms with Crippen molar-refractivity contribution in [1.29, 1.82) is 0 Å². The number of benzene rings is 3. The van der Waals surface area contributed by atoms with Crippen LogP contribution >= 0.6 is 0 Å². The van der Waals surface area contributed by atoms with Crippen LogP contribution in [0.2, 0.25) is 0 Å². The summed E-state index contributed by atoms with van der Waals surface area (Å²) in [5, 5.41) is 8.78. The van der Waals surface area contributed by atoms with Gasteiger partial charge < -0.3 is 25.4 Å². The summed E-state index contributed by atoms with van der Waals surface area (Å²) in [5.74, 6) is 0.331. The monoisotopic (exact) mass is 447 g/mol. The summed E-state index contributed by atoms with van der Waals surface area (Å²) in [6.07, 6.45) is -0.0225. The fourth-order valence-corrected chi connectivity index (χ4v) is 3.13. The van der Waals surface area contributed by atoms with E-state index in [1.807, 2.05) is 38.1 Å². The minimum absolute atomic E-state index is 0.0225. The third kappa shape index (κ3) is 7.08. The molecule has 0 saturated carbocycles. The van der Waals surface area contributed by atoms with Gasteiger partial charge in [-0.2, -0.15) is 0 Å². The van der Waals surface area contributed by atoms with Gasteiger partial charge in [0, 0.05) is 29.7 Å². The zero-order chi connectivity index (χ0) is 23.6. The zero-order valence-corrected chi connectivity index (χ0v) is 19.1. The number of carbonyl (C=O) groups excluding carboxylic acids is 2. The van der Waals surface area contributed by atoms with Crippen LogP contribution in [0.4, 0.5) is 17.1 Å². The number of amides is 2. The third-order valence-electron chi connectivity index (χ3n) is 5.02. The average molecular weight is 448 g/mol. The number of hydrogen-bond donors (Lipinski definition) is 3. The second kappa shape index (κ2) is 11.7. The highest BCUT2D eigenvalue weighted by Gasteiger charge is 2.09. The van der Waals surface area contributed by atoms with Crippen LogP contribution in [0.15, 0.2) is 72.8 Å². The maximum absolute atomic E-state index is 12.5. The van der Waals surface area contributed by atoms with E-state index < -0.39 is 0 Å². The molecule has 3 N–H and O–H groups in total. The first-order chi connectivity index (χ1) is 16.0. The van der Waals surface area contributed by atoms with E-state index in [2.05, 4.69) is 16.0 Å². The highest BCUT2D eigenvalue weighted by Crippen LogP contribution is 2.20. The van der Waals surface area contributed by atoms with Gasteiger partial charge in [-0.05, 0) is 80.1 Å². The molecule has 0 heterocycles. The van der Waals surface area contributed by atoms with Gasteiger partial charge in [-0.1, -0.05) is 12.1 Å². The Morgan fingerprint density at radius 2 is 1.55 bits per heavy atom. The average Bonchev–Trinajstić information content (AvgIpc) is 2.84. The molecule has 7 nitrogen and oxygen atoms in total. The summed E-state index contributed by atoms with van der Waals surface area (Å²) in [7, 11) is 1.66. The van der Waals surface area contributed by atoms with Gasteiger partial charge >= 0.3 is 0 Å². The molecule has 0 aliphatic heterocycles. The van der Waals surface area contributed by atoms with Crippen LogP contribution in [0.25, 0.3) is 0 Å². The third-order valence-corrected chi connectivity index (χ3v) is 5.02. The number of carbonyl (C=O) groups is 2. The highest BCUT2D eigenvalue weighted by molar-refractivity contribution is 6.04. The van der Waals surface area contributed by atoms with Crippen molar-refractivity contribution in [2.24, 2.45) is 0 Å². The molecule has 3 rings (SSSR count). The Bertz CT molecular complexity index is 1070. The number of ether oxygens (including phenoxy) is 2. The minimum atomic E-state index is -0.233. The molecule has 0 fully saturated rings. The molecule has 0 aromatic heterocycles. The van der Waals surface area contributed by atoms with Crippen molar-refractivity contribution in [3.8, 4) is 5.75 Å². The summed E-state index contributed by atoms with van der Waals surface area (Å²) in [5.41, 5.74) is 3.65. The van der Waals surface area contributed by atoms with Gasteiger partial charge in [-0.3, -0.25) is 9.59 Å². The fourth-order valence-electron chi connectivity index (χ4n) is 3.13. The highest BCUT2D eigenvalue weighted by atomic mass is 16.5. The van der Waals surface area contributed by atoms with Gasteiger partial charge in [0.25, 0.3) is 5.91 Å². The van der Waals surface area contributed by atoms with Crippen LogP contribution in [0, 0.1) is 0 Å². The second-order valence-corrected chi connectivity index (χ2v) is 7.39. The van der Waals surface area contributed by atoms with Crippen molar-refractivity contribution in [3.63, 3.8) is 0 Å². The second-order valence-electron chi connectivity index (χ2n) is 7.39. The maximum atomic E-state index is 12.5. The van der Waals surface area contributed by atoms with Crippen LogP contribution in [0.1, 0.15) is 35.9 Å². The lowest BCUT2D eigenvalue weighted by molar-refractivity contribution is -0.114. The molecular weight excluding hydrogens is 418 g/mol. The molecule has 172 valence electrons. The molecule has 7 heteroatoms. The van der Waals surface area contributed by atoms with E-state index in [9.17, 15) is 9.59 Å². The molecule has 0 aliphatic rings. The van der Waals surface area contributed by atoms with E-state index in [1.54, 1.807) is 55.6 Å². The van der Waals surface area contributed by atoms with Crippen LogP contribution in [0.3, 0.4) is 0 Å². The first-order valence-corrected chi connectivity index (χ1v) is 10.8. The van der Waals surface area contributed by atoms with E-state index in [4.69, 9.17) is 9.47 Å². The first kappa shape index (κ1) is 23.8. The van der Waals surface area contributed by atoms with Crippen molar-refractivity contribution in [2.45, 2.75) is 20.0 Å². The Balaban J connectivity index is 1.50. The van der Waals surface area contributed by atoms with E-state index >= 15 is 0 Å². The summed E-state index contributed by atoms with van der Waals surface area (Å²) in [6.45, 7) is 4.59. The van der Waals surface area contributed by atoms with Gasteiger partial charge in [-0.25, -0.2) is 0 Å². The maximum Gasteiger partial charge on any atom is 0.255 e. The Morgan fingerprint density at radius 3 is 2.21 bits per heavy atom. The minimum Gasteiger partial charge on any atom is -0.494 e. The molecule has 3 aromatic carbocycles. The number of nitrogens with one attached hydrogen (secondary N) is 3. The summed E-state index contributed by atoms with van der Waals surface area (Å²) >= 11 is 0. The van der Waals surface area contributed by atoms with E-state index in [1.165, 1.54) is 0 Å². The van der Waals surface area contributed by atoms with Crippen molar-refractivity contribution >= 4 is 28.9 Å². The number of methoxy groups -OCH3 is 1. The predicted octanol–water partition coefficient (Wildman–Crippen LogP) is 5.10. The summed E-state index contributed by atoms with van der Waals surface area (Å²) in [4.78, 5) is 24.8. The van der Waals surface area contributed by atoms with Crippen LogP contribution in [-0.4, -0.2) is 32.1 Å². The van der Waals surface area contributed by atoms with Gasteiger partial charge in [0.1, 0.15) is 5.75 Å². The summed E-state index contributed by atoms with van der Waals surface area (Å²) < 4.78 is 10.7. The first-order valence-electron chi connectivity index (χ1n) is 10.8. The topological polar surface area (TPSA) is 88.7 Å². The lowest BCUT2D eigenvalue weighted by Crippen LogP contribution is -2.22. The lowest BCUT2D eigenvalue weighted by atomic mass is 10.1. The number of hydrogen-bond acceptors (Lipinski definition) is 5. The fraction of sp³-hybridized carbons (Fsp3) is 0.231. The zero-order valence-electron chi connectivity index (χ0n) is 19.1. The quantitative estimate of drug-likeness (QED) is 0.403. The van der Waals surface area contributed by atoms with Gasteiger partial charge in [0.05, 0.1) is 19.3 Å². The Labute approximate surface area is 194 Å². The van der Waals surface area contributed by atoms with Crippen molar-refractivity contribution in [1.82, 2.24) is 0 Å². The molecular formula is C26H29N3O4. The standard InChI is InChI=1S/C26H29N3O4/c1-4-33-24-14-12-22(13-15-24)29-26(31)19-8-10-21(11-9-19)28-25(30)17-27-23-7-5-6-20(16-23)18(2)32-3/h5-16,18,27H,4,17H2,1-3H3,(H,28,30)(H,29,31). The Morgan fingerprint density at radius 1 is 0.879 bits per heavy atom. The Kier molecular flexibility index (Phi) is 8.43. The summed E-state index contributed by atoms with van der Waals surface area (Å²) in [6, 6.07) is 21.7. The van der Waals surface area contributed by atoms with Crippen molar-refractivity contribution < 1.29 is 19.1 Å². The Hall–Kier alpha value is -3.84. The normalized spacial score (nSPS) is 11.4. The van der Waals surface area contributed by atoms with Crippen LogP contribution < -0.4 is 20.7 Å². The van der Waals surface area contributed by atoms with Gasteiger partial charge in [-0.15, -0.1) is 0 Å². The molecule has 0 bridgehead atoms. The van der Waals surface area contributed by atoms with Crippen molar-refractivity contribution in [3.05, 3.63) is 83.9 Å². The molecule has 3 aromatic rings. The van der Waals surface area contributed by atoms with E-state index in [0.717, 1.165) is 17.0 Å². The lowest BCUT2D eigenvalue weighted by Gasteiger charge is -2.13. The molecule has 0 saturated heterocycles.